The van der Waals surface area contributed by atoms with Gasteiger partial charge in [0.25, 0.3) is 5.91 Å². The van der Waals surface area contributed by atoms with Gasteiger partial charge in [0, 0.05) is 24.7 Å². The average Bonchev–Trinajstić information content (AvgIpc) is 2.46. The van der Waals surface area contributed by atoms with Crippen molar-refractivity contribution >= 4 is 5.91 Å². The number of carbonyl (C=O) groups is 1. The molecule has 2 rings (SSSR count). The van der Waals surface area contributed by atoms with Crippen molar-refractivity contribution in [2.24, 2.45) is 11.7 Å². The summed E-state index contributed by atoms with van der Waals surface area (Å²) in [6.45, 7) is 3.53. The fourth-order valence-corrected chi connectivity index (χ4v) is 2.49. The van der Waals surface area contributed by atoms with Crippen LogP contribution in [0.3, 0.4) is 0 Å². The summed E-state index contributed by atoms with van der Waals surface area (Å²) in [4.78, 5) is 14.2. The number of benzene rings is 1. The molecule has 0 bridgehead atoms. The Hall–Kier alpha value is -1.86. The summed E-state index contributed by atoms with van der Waals surface area (Å²) in [6.07, 6.45) is 2.10. The normalized spacial score (nSPS) is 20.7. The Morgan fingerprint density at radius 2 is 2.16 bits per heavy atom. The van der Waals surface area contributed by atoms with Crippen LogP contribution in [0.4, 0.5) is 0 Å². The van der Waals surface area contributed by atoms with E-state index < -0.39 is 0 Å². The van der Waals surface area contributed by atoms with E-state index in [0.29, 0.717) is 17.0 Å². The van der Waals surface area contributed by atoms with Crippen molar-refractivity contribution in [2.45, 2.75) is 25.8 Å². The molecule has 0 saturated carbocycles. The van der Waals surface area contributed by atoms with Crippen molar-refractivity contribution in [3.05, 3.63) is 35.4 Å². The van der Waals surface area contributed by atoms with Crippen LogP contribution in [0.5, 0.6) is 0 Å². The number of nitrogens with two attached hydrogens (primary N) is 1. The van der Waals surface area contributed by atoms with Gasteiger partial charge in [-0.1, -0.05) is 0 Å². The molecule has 100 valence electrons. The molecule has 19 heavy (non-hydrogen) atoms. The van der Waals surface area contributed by atoms with Gasteiger partial charge in [-0.2, -0.15) is 5.26 Å². The van der Waals surface area contributed by atoms with Crippen LogP contribution in [0.2, 0.25) is 0 Å². The fraction of sp³-hybridized carbons (Fsp3) is 0.467. The van der Waals surface area contributed by atoms with Crippen molar-refractivity contribution in [1.82, 2.24) is 4.90 Å². The van der Waals surface area contributed by atoms with Crippen molar-refractivity contribution in [3.63, 3.8) is 0 Å². The second-order valence-corrected chi connectivity index (χ2v) is 5.20. The topological polar surface area (TPSA) is 70.1 Å². The lowest BCUT2D eigenvalue weighted by atomic mass is 9.92. The molecule has 4 nitrogen and oxygen atoms in total. The Labute approximate surface area is 113 Å². The van der Waals surface area contributed by atoms with Crippen LogP contribution < -0.4 is 5.73 Å². The standard InChI is InChI=1S/C15H19N3O/c1-11(17)14-3-2-8-18(10-14)15(19)13-6-4-12(9-16)5-7-13/h4-7,11,14H,2-3,8,10,17H2,1H3. The van der Waals surface area contributed by atoms with Crippen LogP contribution in [-0.4, -0.2) is 29.9 Å². The second-order valence-electron chi connectivity index (χ2n) is 5.20. The summed E-state index contributed by atoms with van der Waals surface area (Å²) in [5.74, 6) is 0.422. The smallest absolute Gasteiger partial charge is 0.253 e. The predicted molar refractivity (Wildman–Crippen MR) is 73.4 cm³/mol. The zero-order chi connectivity index (χ0) is 13.8. The number of carbonyl (C=O) groups excluding carboxylic acids is 1. The second kappa shape index (κ2) is 5.85. The molecule has 1 aliphatic heterocycles. The van der Waals surface area contributed by atoms with E-state index in [-0.39, 0.29) is 11.9 Å². The quantitative estimate of drug-likeness (QED) is 0.877. The Balaban J connectivity index is 2.08. The van der Waals surface area contributed by atoms with Crippen molar-refractivity contribution in [2.75, 3.05) is 13.1 Å². The molecular formula is C15H19N3O. The molecule has 1 aliphatic rings. The molecule has 1 heterocycles. The Morgan fingerprint density at radius 3 is 2.74 bits per heavy atom. The van der Waals surface area contributed by atoms with E-state index in [9.17, 15) is 4.79 Å². The van der Waals surface area contributed by atoms with Crippen LogP contribution in [-0.2, 0) is 0 Å². The molecule has 1 amide bonds. The van der Waals surface area contributed by atoms with Gasteiger partial charge < -0.3 is 10.6 Å². The van der Waals surface area contributed by atoms with Crippen LogP contribution in [0.15, 0.2) is 24.3 Å². The van der Waals surface area contributed by atoms with E-state index in [1.807, 2.05) is 11.8 Å². The number of nitrogens with zero attached hydrogens (tertiary/aromatic N) is 2. The zero-order valence-corrected chi connectivity index (χ0v) is 11.2. The van der Waals surface area contributed by atoms with E-state index in [0.717, 1.165) is 25.9 Å². The SMILES string of the molecule is CC(N)C1CCCN(C(=O)c2ccc(C#N)cc2)C1. The maximum atomic E-state index is 12.4. The van der Waals surface area contributed by atoms with Crippen LogP contribution in [0.25, 0.3) is 0 Å². The third-order valence-electron chi connectivity index (χ3n) is 3.75. The van der Waals surface area contributed by atoms with Gasteiger partial charge in [-0.15, -0.1) is 0 Å². The minimum Gasteiger partial charge on any atom is -0.338 e. The summed E-state index contributed by atoms with van der Waals surface area (Å²) in [5, 5.41) is 8.75. The molecule has 1 saturated heterocycles. The van der Waals surface area contributed by atoms with Gasteiger partial charge in [-0.05, 0) is 49.9 Å². The first kappa shape index (κ1) is 13.6. The number of hydrogen-bond acceptors (Lipinski definition) is 3. The lowest BCUT2D eigenvalue weighted by Crippen LogP contribution is -2.45. The number of amides is 1. The molecule has 0 spiro atoms. The van der Waals surface area contributed by atoms with E-state index in [2.05, 4.69) is 6.07 Å². The van der Waals surface area contributed by atoms with Gasteiger partial charge >= 0.3 is 0 Å². The maximum Gasteiger partial charge on any atom is 0.253 e. The van der Waals surface area contributed by atoms with Gasteiger partial charge in [-0.25, -0.2) is 0 Å². The fourth-order valence-electron chi connectivity index (χ4n) is 2.49. The molecule has 2 N–H and O–H groups in total. The molecule has 4 heteroatoms. The van der Waals surface area contributed by atoms with Crippen molar-refractivity contribution in [1.29, 1.82) is 5.26 Å². The van der Waals surface area contributed by atoms with Crippen LogP contribution in [0, 0.1) is 17.2 Å². The molecule has 0 aromatic heterocycles. The predicted octanol–water partition coefficient (Wildman–Crippen LogP) is 1.76. The lowest BCUT2D eigenvalue weighted by molar-refractivity contribution is 0.0661. The first-order chi connectivity index (χ1) is 9.11. The highest BCUT2D eigenvalue weighted by molar-refractivity contribution is 5.94. The first-order valence-electron chi connectivity index (χ1n) is 6.67. The van der Waals surface area contributed by atoms with Gasteiger partial charge in [0.05, 0.1) is 11.6 Å². The summed E-state index contributed by atoms with van der Waals surface area (Å²) < 4.78 is 0. The Morgan fingerprint density at radius 1 is 1.47 bits per heavy atom. The summed E-state index contributed by atoms with van der Waals surface area (Å²) in [5.41, 5.74) is 7.15. The van der Waals surface area contributed by atoms with E-state index in [1.165, 1.54) is 0 Å². The zero-order valence-electron chi connectivity index (χ0n) is 11.2. The highest BCUT2D eigenvalue weighted by Gasteiger charge is 2.26. The number of likely N-dealkylation sites (tertiary alicyclic amines) is 1. The molecule has 2 atom stereocenters. The van der Waals surface area contributed by atoms with Crippen molar-refractivity contribution in [3.8, 4) is 6.07 Å². The van der Waals surface area contributed by atoms with E-state index >= 15 is 0 Å². The maximum absolute atomic E-state index is 12.4. The van der Waals surface area contributed by atoms with Gasteiger partial charge in [0.15, 0.2) is 0 Å². The Bertz CT molecular complexity index is 487. The molecule has 1 aromatic rings. The number of rotatable bonds is 2. The first-order valence-corrected chi connectivity index (χ1v) is 6.67. The van der Waals surface area contributed by atoms with Gasteiger partial charge in [0.1, 0.15) is 0 Å². The third kappa shape index (κ3) is 3.12. The lowest BCUT2D eigenvalue weighted by Gasteiger charge is -2.34. The summed E-state index contributed by atoms with van der Waals surface area (Å²) in [7, 11) is 0. The molecular weight excluding hydrogens is 238 g/mol. The summed E-state index contributed by atoms with van der Waals surface area (Å²) in [6, 6.07) is 8.97. The van der Waals surface area contributed by atoms with E-state index in [4.69, 9.17) is 11.0 Å². The van der Waals surface area contributed by atoms with Crippen LogP contribution in [0.1, 0.15) is 35.7 Å². The third-order valence-corrected chi connectivity index (χ3v) is 3.75. The minimum atomic E-state index is 0.0369. The molecule has 2 unspecified atom stereocenters. The van der Waals surface area contributed by atoms with Gasteiger partial charge in [-0.3, -0.25) is 4.79 Å². The minimum absolute atomic E-state index is 0.0369. The van der Waals surface area contributed by atoms with E-state index in [1.54, 1.807) is 24.3 Å². The number of piperidine rings is 1. The largest absolute Gasteiger partial charge is 0.338 e. The Kier molecular flexibility index (Phi) is 4.18. The molecule has 1 fully saturated rings. The molecule has 0 aliphatic carbocycles. The average molecular weight is 257 g/mol. The highest BCUT2D eigenvalue weighted by atomic mass is 16.2. The molecule has 0 radical (unpaired) electrons. The monoisotopic (exact) mass is 257 g/mol. The van der Waals surface area contributed by atoms with Crippen LogP contribution >= 0.6 is 0 Å². The summed E-state index contributed by atoms with van der Waals surface area (Å²) >= 11 is 0. The number of hydrogen-bond donors (Lipinski definition) is 1. The highest BCUT2D eigenvalue weighted by Crippen LogP contribution is 2.20. The van der Waals surface area contributed by atoms with Gasteiger partial charge in [0.2, 0.25) is 0 Å². The number of nitriles is 1. The molecule has 1 aromatic carbocycles. The van der Waals surface area contributed by atoms with Crippen molar-refractivity contribution < 1.29 is 4.79 Å².